The molecule has 0 spiro atoms. The summed E-state index contributed by atoms with van der Waals surface area (Å²) in [6.07, 6.45) is 0. The van der Waals surface area contributed by atoms with E-state index in [-0.39, 0.29) is 11.4 Å². The number of aliphatic imine (C=N–C) groups is 1. The summed E-state index contributed by atoms with van der Waals surface area (Å²) < 4.78 is 26.7. The third kappa shape index (κ3) is 2.70. The molecule has 0 atom stereocenters. The summed E-state index contributed by atoms with van der Waals surface area (Å²) in [4.78, 5) is 4.12. The maximum Gasteiger partial charge on any atom is 0.150 e. The summed E-state index contributed by atoms with van der Waals surface area (Å²) in [5, 5.41) is 0. The van der Waals surface area contributed by atoms with Gasteiger partial charge in [-0.05, 0) is 30.3 Å². The van der Waals surface area contributed by atoms with Crippen LogP contribution in [0.1, 0.15) is 5.56 Å². The largest absolute Gasteiger partial charge is 0.308 e. The Balaban J connectivity index is 2.45. The highest BCUT2D eigenvalue weighted by atomic mass is 19.1. The molecule has 18 heavy (non-hydrogen) atoms. The van der Waals surface area contributed by atoms with Gasteiger partial charge in [-0.25, -0.2) is 19.6 Å². The van der Waals surface area contributed by atoms with Crippen molar-refractivity contribution in [3.8, 4) is 0 Å². The lowest BCUT2D eigenvalue weighted by Gasteiger charge is -2.07. The first-order valence-corrected chi connectivity index (χ1v) is 5.26. The molecule has 3 nitrogen and oxygen atoms in total. The molecule has 0 unspecified atom stereocenters. The van der Waals surface area contributed by atoms with Gasteiger partial charge in [0.15, 0.2) is 5.84 Å². The van der Waals surface area contributed by atoms with Crippen molar-refractivity contribution < 1.29 is 8.78 Å². The van der Waals surface area contributed by atoms with Gasteiger partial charge in [-0.3, -0.25) is 0 Å². The Labute approximate surface area is 103 Å². The van der Waals surface area contributed by atoms with Crippen LogP contribution in [0.4, 0.5) is 14.5 Å². The number of nitrogens with one attached hydrogen (secondary N) is 1. The summed E-state index contributed by atoms with van der Waals surface area (Å²) >= 11 is 0. The number of rotatable bonds is 2. The number of hydrazine groups is 1. The molecule has 2 rings (SSSR count). The highest BCUT2D eigenvalue weighted by Crippen LogP contribution is 2.15. The van der Waals surface area contributed by atoms with Crippen LogP contribution in [0.15, 0.2) is 53.5 Å². The standard InChI is InChI=1S/C13H11F2N3/c14-9-6-7-12(15)11(8-9)13(18-16)17-10-4-2-1-3-5-10/h1-8H,16H2,(H,17,18). The Hall–Kier alpha value is -2.27. The zero-order valence-corrected chi connectivity index (χ0v) is 9.40. The monoisotopic (exact) mass is 247 g/mol. The fraction of sp³-hybridized carbons (Fsp3) is 0. The molecule has 0 amide bonds. The molecule has 0 radical (unpaired) electrons. The van der Waals surface area contributed by atoms with Crippen LogP contribution in [0.25, 0.3) is 0 Å². The van der Waals surface area contributed by atoms with Gasteiger partial charge in [0.2, 0.25) is 0 Å². The summed E-state index contributed by atoms with van der Waals surface area (Å²) in [6, 6.07) is 12.0. The second kappa shape index (κ2) is 5.37. The topological polar surface area (TPSA) is 50.4 Å². The Morgan fingerprint density at radius 1 is 1.06 bits per heavy atom. The predicted octanol–water partition coefficient (Wildman–Crippen LogP) is 2.51. The third-order valence-electron chi connectivity index (χ3n) is 2.32. The molecule has 2 aromatic carbocycles. The number of hydrogen-bond donors (Lipinski definition) is 2. The fourth-order valence-electron chi connectivity index (χ4n) is 1.48. The first-order chi connectivity index (χ1) is 8.70. The molecular formula is C13H11F2N3. The van der Waals surface area contributed by atoms with Crippen LogP contribution in [-0.2, 0) is 0 Å². The minimum atomic E-state index is -0.593. The molecule has 0 aliphatic carbocycles. The third-order valence-corrected chi connectivity index (χ3v) is 2.32. The minimum Gasteiger partial charge on any atom is -0.308 e. The van der Waals surface area contributed by atoms with Gasteiger partial charge in [-0.15, -0.1) is 0 Å². The van der Waals surface area contributed by atoms with Crippen molar-refractivity contribution in [3.05, 3.63) is 65.7 Å². The average molecular weight is 247 g/mol. The first-order valence-electron chi connectivity index (χ1n) is 5.26. The van der Waals surface area contributed by atoms with Crippen LogP contribution in [0.5, 0.6) is 0 Å². The van der Waals surface area contributed by atoms with E-state index in [1.54, 1.807) is 24.3 Å². The van der Waals surface area contributed by atoms with E-state index in [9.17, 15) is 8.78 Å². The molecule has 3 N–H and O–H groups in total. The lowest BCUT2D eigenvalue weighted by molar-refractivity contribution is 0.597. The summed E-state index contributed by atoms with van der Waals surface area (Å²) in [7, 11) is 0. The maximum absolute atomic E-state index is 13.6. The molecule has 92 valence electrons. The van der Waals surface area contributed by atoms with Crippen molar-refractivity contribution in [2.75, 3.05) is 0 Å². The number of benzene rings is 2. The van der Waals surface area contributed by atoms with E-state index in [0.717, 1.165) is 18.2 Å². The molecule has 5 heteroatoms. The van der Waals surface area contributed by atoms with E-state index >= 15 is 0 Å². The quantitative estimate of drug-likeness (QED) is 0.371. The van der Waals surface area contributed by atoms with E-state index in [4.69, 9.17) is 5.84 Å². The van der Waals surface area contributed by atoms with Crippen molar-refractivity contribution in [3.63, 3.8) is 0 Å². The number of nitrogens with zero attached hydrogens (tertiary/aromatic N) is 1. The van der Waals surface area contributed by atoms with Gasteiger partial charge >= 0.3 is 0 Å². The molecule has 0 saturated heterocycles. The smallest absolute Gasteiger partial charge is 0.150 e. The van der Waals surface area contributed by atoms with Gasteiger partial charge in [-0.2, -0.15) is 0 Å². The van der Waals surface area contributed by atoms with Crippen LogP contribution in [0.3, 0.4) is 0 Å². The van der Waals surface area contributed by atoms with E-state index in [2.05, 4.69) is 10.4 Å². The van der Waals surface area contributed by atoms with Gasteiger partial charge in [0.1, 0.15) is 11.6 Å². The maximum atomic E-state index is 13.6. The number of halogens is 2. The normalized spacial score (nSPS) is 11.4. The first kappa shape index (κ1) is 12.2. The molecule has 0 aromatic heterocycles. The number of nitrogens with two attached hydrogens (primary N) is 1. The summed E-state index contributed by atoms with van der Waals surface area (Å²) in [5.41, 5.74) is 2.86. The Morgan fingerprint density at radius 3 is 2.44 bits per heavy atom. The van der Waals surface area contributed by atoms with E-state index in [0.29, 0.717) is 5.69 Å². The van der Waals surface area contributed by atoms with Crippen LogP contribution in [0, 0.1) is 11.6 Å². The van der Waals surface area contributed by atoms with Gasteiger partial charge in [0, 0.05) is 0 Å². The fourth-order valence-corrected chi connectivity index (χ4v) is 1.48. The second-order valence-electron chi connectivity index (χ2n) is 3.56. The van der Waals surface area contributed by atoms with Crippen molar-refractivity contribution in [2.24, 2.45) is 10.8 Å². The number of para-hydroxylation sites is 1. The van der Waals surface area contributed by atoms with E-state index in [1.165, 1.54) is 0 Å². The van der Waals surface area contributed by atoms with Gasteiger partial charge < -0.3 is 5.43 Å². The lowest BCUT2D eigenvalue weighted by atomic mass is 10.2. The second-order valence-corrected chi connectivity index (χ2v) is 3.56. The molecule has 0 aliphatic heterocycles. The molecule has 0 heterocycles. The highest BCUT2D eigenvalue weighted by Gasteiger charge is 2.10. The van der Waals surface area contributed by atoms with Crippen LogP contribution < -0.4 is 11.3 Å². The van der Waals surface area contributed by atoms with Crippen molar-refractivity contribution in [1.82, 2.24) is 5.43 Å². The number of amidine groups is 1. The van der Waals surface area contributed by atoms with Gasteiger partial charge in [-0.1, -0.05) is 18.2 Å². The predicted molar refractivity (Wildman–Crippen MR) is 66.3 cm³/mol. The molecule has 0 fully saturated rings. The van der Waals surface area contributed by atoms with Gasteiger partial charge in [0.25, 0.3) is 0 Å². The molecule has 0 saturated carbocycles. The van der Waals surface area contributed by atoms with Crippen molar-refractivity contribution >= 4 is 11.5 Å². The van der Waals surface area contributed by atoms with Crippen molar-refractivity contribution in [2.45, 2.75) is 0 Å². The molecule has 0 aliphatic rings. The zero-order valence-electron chi connectivity index (χ0n) is 9.40. The Bertz CT molecular complexity index is 568. The minimum absolute atomic E-state index is 0.0126. The molecule has 0 bridgehead atoms. The average Bonchev–Trinajstić information content (AvgIpc) is 2.40. The summed E-state index contributed by atoms with van der Waals surface area (Å²) in [5.74, 6) is 4.22. The van der Waals surface area contributed by atoms with E-state index < -0.39 is 11.6 Å². The lowest BCUT2D eigenvalue weighted by Crippen LogP contribution is -2.31. The number of hydrogen-bond acceptors (Lipinski definition) is 2. The Kier molecular flexibility index (Phi) is 3.64. The van der Waals surface area contributed by atoms with Crippen LogP contribution >= 0.6 is 0 Å². The molecular weight excluding hydrogens is 236 g/mol. The van der Waals surface area contributed by atoms with E-state index in [1.807, 2.05) is 6.07 Å². The van der Waals surface area contributed by atoms with Crippen LogP contribution in [0.2, 0.25) is 0 Å². The zero-order chi connectivity index (χ0) is 13.0. The van der Waals surface area contributed by atoms with Gasteiger partial charge in [0.05, 0.1) is 11.3 Å². The summed E-state index contributed by atoms with van der Waals surface area (Å²) in [6.45, 7) is 0. The Morgan fingerprint density at radius 2 is 1.78 bits per heavy atom. The van der Waals surface area contributed by atoms with Crippen LogP contribution in [-0.4, -0.2) is 5.84 Å². The SMILES string of the molecule is NNC(=Nc1ccccc1)c1cc(F)ccc1F. The highest BCUT2D eigenvalue weighted by molar-refractivity contribution is 6.00. The molecule has 2 aromatic rings. The van der Waals surface area contributed by atoms with Crippen molar-refractivity contribution in [1.29, 1.82) is 0 Å².